The molecule has 0 amide bonds. The third kappa shape index (κ3) is 3.05. The van der Waals surface area contributed by atoms with Crippen molar-refractivity contribution in [1.82, 2.24) is 9.88 Å². The summed E-state index contributed by atoms with van der Waals surface area (Å²) in [5, 5.41) is 3.07. The summed E-state index contributed by atoms with van der Waals surface area (Å²) < 4.78 is 13.6. The molecule has 18 heavy (non-hydrogen) atoms. The molecule has 0 bridgehead atoms. The molecule has 0 aliphatic heterocycles. The Bertz CT molecular complexity index is 519. The molecular formula is C13H16FN3S. The fourth-order valence-corrected chi connectivity index (χ4v) is 2.43. The number of halogens is 1. The molecule has 2 N–H and O–H groups in total. The predicted octanol–water partition coefficient (Wildman–Crippen LogP) is 2.80. The molecule has 3 nitrogen and oxygen atoms in total. The Hall–Kier alpha value is -1.46. The van der Waals surface area contributed by atoms with Crippen LogP contribution >= 0.6 is 11.3 Å². The molecule has 0 unspecified atom stereocenters. The summed E-state index contributed by atoms with van der Waals surface area (Å²) in [5.74, 6) is -0.253. The first-order valence-corrected chi connectivity index (χ1v) is 6.56. The standard InChI is InChI=1S/C13H16FN3S/c1-9-16-10(8-18-9)6-17(2)7-11-12(14)4-3-5-13(11)15/h3-5,8H,6-7,15H2,1-2H3. The molecule has 0 fully saturated rings. The third-order valence-corrected chi connectivity index (χ3v) is 3.50. The van der Waals surface area contributed by atoms with Gasteiger partial charge in [-0.15, -0.1) is 11.3 Å². The predicted molar refractivity (Wildman–Crippen MR) is 72.8 cm³/mol. The summed E-state index contributed by atoms with van der Waals surface area (Å²) in [6.07, 6.45) is 0. The molecule has 0 saturated heterocycles. The molecule has 0 aliphatic carbocycles. The number of aromatic nitrogens is 1. The fraction of sp³-hybridized carbons (Fsp3) is 0.308. The van der Waals surface area contributed by atoms with Gasteiger partial charge in [0.25, 0.3) is 0 Å². The van der Waals surface area contributed by atoms with Crippen LogP contribution in [0.15, 0.2) is 23.6 Å². The van der Waals surface area contributed by atoms with Gasteiger partial charge in [-0.1, -0.05) is 6.07 Å². The van der Waals surface area contributed by atoms with E-state index in [0.717, 1.165) is 10.7 Å². The maximum Gasteiger partial charge on any atom is 0.129 e. The Balaban J connectivity index is 2.05. The first-order valence-electron chi connectivity index (χ1n) is 5.68. The second-order valence-electron chi connectivity index (χ2n) is 4.34. The molecule has 0 saturated carbocycles. The zero-order valence-corrected chi connectivity index (χ0v) is 11.3. The molecule has 0 atom stereocenters. The van der Waals surface area contributed by atoms with Crippen molar-refractivity contribution in [3.05, 3.63) is 45.7 Å². The van der Waals surface area contributed by atoms with Gasteiger partial charge < -0.3 is 5.73 Å². The van der Waals surface area contributed by atoms with Crippen molar-refractivity contribution in [2.45, 2.75) is 20.0 Å². The van der Waals surface area contributed by atoms with Gasteiger partial charge in [0, 0.05) is 29.7 Å². The quantitative estimate of drug-likeness (QED) is 0.864. The number of benzene rings is 1. The lowest BCUT2D eigenvalue weighted by Crippen LogP contribution is -2.19. The molecular weight excluding hydrogens is 249 g/mol. The summed E-state index contributed by atoms with van der Waals surface area (Å²) in [6, 6.07) is 4.78. The molecule has 2 aromatic rings. The van der Waals surface area contributed by atoms with Crippen LogP contribution in [0.1, 0.15) is 16.3 Å². The van der Waals surface area contributed by atoms with Crippen molar-refractivity contribution < 1.29 is 4.39 Å². The van der Waals surface area contributed by atoms with Gasteiger partial charge >= 0.3 is 0 Å². The minimum atomic E-state index is -0.253. The van der Waals surface area contributed by atoms with E-state index in [1.165, 1.54) is 6.07 Å². The lowest BCUT2D eigenvalue weighted by molar-refractivity contribution is 0.311. The highest BCUT2D eigenvalue weighted by Crippen LogP contribution is 2.18. The lowest BCUT2D eigenvalue weighted by Gasteiger charge is -2.17. The number of nitrogens with two attached hydrogens (primary N) is 1. The van der Waals surface area contributed by atoms with Crippen LogP contribution in [-0.2, 0) is 13.1 Å². The van der Waals surface area contributed by atoms with Crippen LogP contribution in [0.3, 0.4) is 0 Å². The highest BCUT2D eigenvalue weighted by Gasteiger charge is 2.10. The molecule has 96 valence electrons. The van der Waals surface area contributed by atoms with Crippen LogP contribution in [0, 0.1) is 12.7 Å². The Kier molecular flexibility index (Phi) is 3.93. The number of thiazole rings is 1. The Morgan fingerprint density at radius 3 is 2.78 bits per heavy atom. The van der Waals surface area contributed by atoms with E-state index in [-0.39, 0.29) is 5.82 Å². The number of anilines is 1. The molecule has 0 aliphatic rings. The molecule has 2 rings (SSSR count). The Morgan fingerprint density at radius 1 is 1.39 bits per heavy atom. The van der Waals surface area contributed by atoms with Gasteiger partial charge in [-0.2, -0.15) is 0 Å². The minimum absolute atomic E-state index is 0.253. The van der Waals surface area contributed by atoms with Crippen molar-refractivity contribution in [2.24, 2.45) is 0 Å². The maximum absolute atomic E-state index is 13.6. The Morgan fingerprint density at radius 2 is 2.17 bits per heavy atom. The highest BCUT2D eigenvalue weighted by atomic mass is 32.1. The van der Waals surface area contributed by atoms with Crippen LogP contribution in [0.25, 0.3) is 0 Å². The van der Waals surface area contributed by atoms with Gasteiger partial charge in [-0.25, -0.2) is 9.37 Å². The molecule has 5 heteroatoms. The van der Waals surface area contributed by atoms with Crippen LogP contribution in [0.4, 0.5) is 10.1 Å². The zero-order chi connectivity index (χ0) is 13.1. The summed E-state index contributed by atoms with van der Waals surface area (Å²) in [7, 11) is 1.93. The zero-order valence-electron chi connectivity index (χ0n) is 10.5. The van der Waals surface area contributed by atoms with Gasteiger partial charge in [0.2, 0.25) is 0 Å². The number of aryl methyl sites for hydroxylation is 1. The van der Waals surface area contributed by atoms with E-state index in [1.54, 1.807) is 23.5 Å². The normalized spacial score (nSPS) is 11.1. The van der Waals surface area contributed by atoms with E-state index in [4.69, 9.17) is 5.73 Å². The minimum Gasteiger partial charge on any atom is -0.398 e. The van der Waals surface area contributed by atoms with E-state index in [9.17, 15) is 4.39 Å². The number of hydrogen-bond donors (Lipinski definition) is 1. The highest BCUT2D eigenvalue weighted by molar-refractivity contribution is 7.09. The van der Waals surface area contributed by atoms with Crippen molar-refractivity contribution in [3.63, 3.8) is 0 Å². The van der Waals surface area contributed by atoms with Gasteiger partial charge in [0.15, 0.2) is 0 Å². The summed E-state index contributed by atoms with van der Waals surface area (Å²) in [4.78, 5) is 6.39. The SMILES string of the molecule is Cc1nc(CN(C)Cc2c(N)cccc2F)cs1. The molecule has 0 radical (unpaired) electrons. The van der Waals surface area contributed by atoms with Crippen molar-refractivity contribution >= 4 is 17.0 Å². The molecule has 1 heterocycles. The number of hydrogen-bond acceptors (Lipinski definition) is 4. The van der Waals surface area contributed by atoms with Crippen LogP contribution in [-0.4, -0.2) is 16.9 Å². The summed E-state index contributed by atoms with van der Waals surface area (Å²) >= 11 is 1.62. The van der Waals surface area contributed by atoms with E-state index < -0.39 is 0 Å². The van der Waals surface area contributed by atoms with Crippen LogP contribution in [0.5, 0.6) is 0 Å². The second kappa shape index (κ2) is 5.46. The smallest absolute Gasteiger partial charge is 0.129 e. The average molecular weight is 265 g/mol. The lowest BCUT2D eigenvalue weighted by atomic mass is 10.1. The van der Waals surface area contributed by atoms with E-state index >= 15 is 0 Å². The summed E-state index contributed by atoms with van der Waals surface area (Å²) in [6.45, 7) is 3.15. The second-order valence-corrected chi connectivity index (χ2v) is 5.40. The summed E-state index contributed by atoms with van der Waals surface area (Å²) in [5.41, 5.74) is 7.84. The molecule has 0 spiro atoms. The van der Waals surface area contributed by atoms with Crippen LogP contribution < -0.4 is 5.73 Å². The number of nitrogens with zero attached hydrogens (tertiary/aromatic N) is 2. The average Bonchev–Trinajstić information content (AvgIpc) is 2.69. The monoisotopic (exact) mass is 265 g/mol. The first-order chi connectivity index (χ1) is 8.56. The van der Waals surface area contributed by atoms with E-state index in [0.29, 0.717) is 24.3 Å². The number of rotatable bonds is 4. The molecule has 1 aromatic heterocycles. The molecule has 1 aromatic carbocycles. The van der Waals surface area contributed by atoms with Gasteiger partial charge in [-0.05, 0) is 26.1 Å². The van der Waals surface area contributed by atoms with E-state index in [1.807, 2.05) is 24.3 Å². The maximum atomic E-state index is 13.6. The largest absolute Gasteiger partial charge is 0.398 e. The van der Waals surface area contributed by atoms with Crippen molar-refractivity contribution in [3.8, 4) is 0 Å². The Labute approximate surface area is 110 Å². The van der Waals surface area contributed by atoms with Crippen LogP contribution in [0.2, 0.25) is 0 Å². The third-order valence-electron chi connectivity index (χ3n) is 2.68. The van der Waals surface area contributed by atoms with Gasteiger partial charge in [0.05, 0.1) is 10.7 Å². The number of nitrogen functional groups attached to an aromatic ring is 1. The van der Waals surface area contributed by atoms with Gasteiger partial charge in [0.1, 0.15) is 5.82 Å². The first kappa shape index (κ1) is 13.0. The van der Waals surface area contributed by atoms with Crippen molar-refractivity contribution in [1.29, 1.82) is 0 Å². The van der Waals surface area contributed by atoms with Gasteiger partial charge in [-0.3, -0.25) is 4.90 Å². The van der Waals surface area contributed by atoms with Crippen molar-refractivity contribution in [2.75, 3.05) is 12.8 Å². The van der Waals surface area contributed by atoms with E-state index in [2.05, 4.69) is 4.98 Å². The topological polar surface area (TPSA) is 42.2 Å². The fourth-order valence-electron chi connectivity index (χ4n) is 1.83.